The van der Waals surface area contributed by atoms with Crippen LogP contribution in [0.4, 0.5) is 5.69 Å². The molecule has 1 aromatic carbocycles. The smallest absolute Gasteiger partial charge is 0.201 e. The second-order valence-electron chi connectivity index (χ2n) is 12.0. The maximum atomic E-state index is 6.50. The summed E-state index contributed by atoms with van der Waals surface area (Å²) in [7, 11) is 0. The number of rotatable bonds is 8. The number of ether oxygens (including phenoxy) is 3. The molecule has 0 radical (unpaired) electrons. The zero-order chi connectivity index (χ0) is 26.5. The van der Waals surface area contributed by atoms with Crippen LogP contribution in [0, 0.1) is 23.7 Å². The standard InChI is InChI=1S/C29H40ClN3O5/c1-17-13-20-7-9-28(4)36-27-29(20,38-37-28)23(14-17)19(3)26(35-27)34-12-11-31-16-18(2)33-24-8-10-32-25-15-21(30)5-6-22(24)25/h5-6,8,10,15,17-20,23,26-27,31H,7,9,11-14,16H2,1-4H3,(H,32,33)/t17-,18?,19+,20?,23?,26-,27+,28-,29+/m0/s1. The average Bonchev–Trinajstić information content (AvgIpc) is 3.10. The Balaban J connectivity index is 1.02. The van der Waals surface area contributed by atoms with Gasteiger partial charge >= 0.3 is 0 Å². The Labute approximate surface area is 230 Å². The number of fused-ring (bicyclic) bond motifs is 3. The van der Waals surface area contributed by atoms with Gasteiger partial charge in [-0.15, -0.1) is 0 Å². The van der Waals surface area contributed by atoms with Gasteiger partial charge in [0.2, 0.25) is 5.79 Å². The van der Waals surface area contributed by atoms with E-state index in [9.17, 15) is 0 Å². The molecule has 5 aliphatic rings. The highest BCUT2D eigenvalue weighted by molar-refractivity contribution is 6.31. The zero-order valence-electron chi connectivity index (χ0n) is 22.7. The normalized spacial score (nSPS) is 39.0. The fraction of sp³-hybridized carbons (Fsp3) is 0.690. The van der Waals surface area contributed by atoms with Crippen LogP contribution in [-0.4, -0.2) is 54.7 Å². The Kier molecular flexibility index (Phi) is 7.35. The van der Waals surface area contributed by atoms with Crippen LogP contribution in [0.15, 0.2) is 30.5 Å². The molecule has 4 aliphatic heterocycles. The molecule has 2 bridgehead atoms. The molecule has 208 valence electrons. The number of nitrogens with zero attached hydrogens (tertiary/aromatic N) is 1. The van der Waals surface area contributed by atoms with Crippen molar-refractivity contribution in [3.8, 4) is 0 Å². The minimum atomic E-state index is -0.761. The van der Waals surface area contributed by atoms with Gasteiger partial charge in [-0.2, -0.15) is 0 Å². The van der Waals surface area contributed by atoms with Crippen molar-refractivity contribution in [2.45, 2.75) is 83.4 Å². The third kappa shape index (κ3) is 4.83. The first-order valence-electron chi connectivity index (χ1n) is 14.1. The van der Waals surface area contributed by atoms with Crippen molar-refractivity contribution < 1.29 is 24.0 Å². The number of pyridine rings is 1. The van der Waals surface area contributed by atoms with Gasteiger partial charge in [0.15, 0.2) is 18.2 Å². The van der Waals surface area contributed by atoms with E-state index in [4.69, 9.17) is 35.6 Å². The number of hydrogen-bond acceptors (Lipinski definition) is 8. The van der Waals surface area contributed by atoms with Crippen molar-refractivity contribution in [2.75, 3.05) is 25.0 Å². The van der Waals surface area contributed by atoms with Crippen molar-refractivity contribution in [1.82, 2.24) is 10.3 Å². The largest absolute Gasteiger partial charge is 0.381 e. The molecular formula is C29H40ClN3O5. The monoisotopic (exact) mass is 545 g/mol. The molecule has 7 rings (SSSR count). The summed E-state index contributed by atoms with van der Waals surface area (Å²) < 4.78 is 19.2. The lowest BCUT2D eigenvalue weighted by molar-refractivity contribution is -0.576. The molecule has 3 unspecified atom stereocenters. The molecule has 8 nitrogen and oxygen atoms in total. The molecule has 0 amide bonds. The first-order chi connectivity index (χ1) is 18.3. The predicted octanol–water partition coefficient (Wildman–Crippen LogP) is 5.50. The molecule has 4 saturated heterocycles. The summed E-state index contributed by atoms with van der Waals surface area (Å²) in [6.07, 6.45) is 5.05. The highest BCUT2D eigenvalue weighted by Gasteiger charge is 2.69. The molecule has 38 heavy (non-hydrogen) atoms. The summed E-state index contributed by atoms with van der Waals surface area (Å²) in [6.45, 7) is 10.8. The van der Waals surface area contributed by atoms with Crippen LogP contribution in [-0.2, 0) is 24.0 Å². The van der Waals surface area contributed by atoms with E-state index in [0.29, 0.717) is 23.5 Å². The number of aromatic nitrogens is 1. The number of nitrogens with one attached hydrogen (secondary N) is 2. The number of anilines is 1. The molecular weight excluding hydrogens is 506 g/mol. The van der Waals surface area contributed by atoms with Crippen molar-refractivity contribution >= 4 is 28.2 Å². The van der Waals surface area contributed by atoms with Crippen molar-refractivity contribution in [1.29, 1.82) is 0 Å². The van der Waals surface area contributed by atoms with Gasteiger partial charge in [0.25, 0.3) is 0 Å². The predicted molar refractivity (Wildman–Crippen MR) is 145 cm³/mol. The molecule has 5 fully saturated rings. The lowest BCUT2D eigenvalue weighted by Crippen LogP contribution is -2.70. The summed E-state index contributed by atoms with van der Waals surface area (Å²) >= 11 is 6.13. The van der Waals surface area contributed by atoms with Crippen molar-refractivity contribution in [3.63, 3.8) is 0 Å². The second kappa shape index (κ2) is 10.5. The maximum absolute atomic E-state index is 6.50. The van der Waals surface area contributed by atoms with E-state index < -0.39 is 17.7 Å². The molecule has 1 aromatic heterocycles. The lowest BCUT2D eigenvalue weighted by atomic mass is 9.59. The minimum Gasteiger partial charge on any atom is -0.381 e. The van der Waals surface area contributed by atoms with Gasteiger partial charge in [0, 0.05) is 59.7 Å². The summed E-state index contributed by atoms with van der Waals surface area (Å²) in [5.74, 6) is 0.698. The summed E-state index contributed by atoms with van der Waals surface area (Å²) in [6, 6.07) is 8.00. The van der Waals surface area contributed by atoms with Gasteiger partial charge in [0.1, 0.15) is 0 Å². The van der Waals surface area contributed by atoms with Gasteiger partial charge < -0.3 is 24.8 Å². The van der Waals surface area contributed by atoms with Crippen LogP contribution in [0.5, 0.6) is 0 Å². The fourth-order valence-electron chi connectivity index (χ4n) is 7.12. The van der Waals surface area contributed by atoms with E-state index in [1.54, 1.807) is 6.20 Å². The Morgan fingerprint density at radius 1 is 1.21 bits per heavy atom. The second-order valence-corrected chi connectivity index (χ2v) is 12.5. The molecule has 9 atom stereocenters. The Bertz CT molecular complexity index is 1150. The van der Waals surface area contributed by atoms with Gasteiger partial charge in [-0.25, -0.2) is 9.78 Å². The maximum Gasteiger partial charge on any atom is 0.201 e. The molecule has 1 saturated carbocycles. The number of benzene rings is 1. The van der Waals surface area contributed by atoms with E-state index in [0.717, 1.165) is 55.4 Å². The quantitative estimate of drug-likeness (QED) is 0.332. The first-order valence-corrected chi connectivity index (χ1v) is 14.5. The molecule has 1 aliphatic carbocycles. The molecule has 2 aromatic rings. The third-order valence-corrected chi connectivity index (χ3v) is 9.27. The van der Waals surface area contributed by atoms with E-state index >= 15 is 0 Å². The van der Waals surface area contributed by atoms with Crippen molar-refractivity contribution in [3.05, 3.63) is 35.5 Å². The topological polar surface area (TPSA) is 83.1 Å². The van der Waals surface area contributed by atoms with Gasteiger partial charge in [-0.1, -0.05) is 25.4 Å². The fourth-order valence-corrected chi connectivity index (χ4v) is 7.28. The van der Waals surface area contributed by atoms with Crippen LogP contribution in [0.2, 0.25) is 5.02 Å². The Hall–Kier alpha value is -1.52. The lowest BCUT2D eigenvalue weighted by Gasteiger charge is -2.59. The van der Waals surface area contributed by atoms with E-state index in [-0.39, 0.29) is 24.2 Å². The Morgan fingerprint density at radius 2 is 2.08 bits per heavy atom. The summed E-state index contributed by atoms with van der Waals surface area (Å²) in [4.78, 5) is 16.5. The van der Waals surface area contributed by atoms with E-state index in [1.165, 1.54) is 0 Å². The minimum absolute atomic E-state index is 0.181. The summed E-state index contributed by atoms with van der Waals surface area (Å²) in [5, 5.41) is 8.84. The molecule has 2 N–H and O–H groups in total. The number of halogens is 1. The highest BCUT2D eigenvalue weighted by Crippen LogP contribution is 2.60. The van der Waals surface area contributed by atoms with Gasteiger partial charge in [-0.3, -0.25) is 4.98 Å². The van der Waals surface area contributed by atoms with Crippen LogP contribution in [0.1, 0.15) is 53.4 Å². The SMILES string of the molecule is CC(CNCCO[C@H]1O[C@@H]2O[C@]3(C)CCC4C[C@H](C)CC([C@H]1C)[C@]42OO3)Nc1ccnc2cc(Cl)ccc12. The van der Waals surface area contributed by atoms with E-state index in [2.05, 4.69) is 36.4 Å². The van der Waals surface area contributed by atoms with Crippen LogP contribution < -0.4 is 10.6 Å². The first kappa shape index (κ1) is 26.7. The highest BCUT2D eigenvalue weighted by atomic mass is 35.5. The van der Waals surface area contributed by atoms with Crippen molar-refractivity contribution in [2.24, 2.45) is 23.7 Å². The summed E-state index contributed by atoms with van der Waals surface area (Å²) in [5.41, 5.74) is 1.40. The molecule has 5 heterocycles. The number of hydrogen-bond donors (Lipinski definition) is 2. The van der Waals surface area contributed by atoms with E-state index in [1.807, 2.05) is 31.2 Å². The molecule has 9 heteroatoms. The molecule has 1 spiro atoms. The average molecular weight is 546 g/mol. The van der Waals surface area contributed by atoms with Crippen LogP contribution in [0.25, 0.3) is 10.9 Å². The van der Waals surface area contributed by atoms with Crippen LogP contribution >= 0.6 is 11.6 Å². The third-order valence-electron chi connectivity index (χ3n) is 9.03. The zero-order valence-corrected chi connectivity index (χ0v) is 23.5. The Morgan fingerprint density at radius 3 is 2.95 bits per heavy atom. The van der Waals surface area contributed by atoms with Gasteiger partial charge in [0.05, 0.1) is 12.1 Å². The van der Waals surface area contributed by atoms with Gasteiger partial charge in [-0.05, 0) is 69.2 Å². The van der Waals surface area contributed by atoms with Crippen LogP contribution in [0.3, 0.4) is 0 Å².